The number of rotatable bonds is 5. The Balaban J connectivity index is 1.63. The van der Waals surface area contributed by atoms with Crippen molar-refractivity contribution in [1.29, 1.82) is 0 Å². The molecular formula is C23H21N3O2S. The van der Waals surface area contributed by atoms with Gasteiger partial charge >= 0.3 is 0 Å². The van der Waals surface area contributed by atoms with Crippen molar-refractivity contribution in [2.75, 3.05) is 11.1 Å². The molecule has 0 atom stereocenters. The number of hydrogen-bond donors (Lipinski definition) is 1. The van der Waals surface area contributed by atoms with Crippen LogP contribution in [0.3, 0.4) is 0 Å². The number of benzene rings is 3. The highest BCUT2D eigenvalue weighted by molar-refractivity contribution is 7.99. The Bertz CT molecular complexity index is 1280. The topological polar surface area (TPSA) is 64.0 Å². The normalized spacial score (nSPS) is 11.1. The van der Waals surface area contributed by atoms with E-state index in [-0.39, 0.29) is 17.2 Å². The number of nitrogens with one attached hydrogen (secondary N) is 1. The first-order chi connectivity index (χ1) is 14.0. The molecule has 0 unspecified atom stereocenters. The number of anilines is 1. The van der Waals surface area contributed by atoms with Crippen LogP contribution in [0.2, 0.25) is 0 Å². The molecule has 29 heavy (non-hydrogen) atoms. The van der Waals surface area contributed by atoms with Crippen molar-refractivity contribution < 1.29 is 4.79 Å². The molecule has 146 valence electrons. The summed E-state index contributed by atoms with van der Waals surface area (Å²) in [5, 5.41) is 6.09. The molecule has 0 spiro atoms. The molecule has 0 radical (unpaired) electrons. The van der Waals surface area contributed by atoms with Gasteiger partial charge in [0, 0.05) is 12.2 Å². The molecule has 1 aromatic heterocycles. The van der Waals surface area contributed by atoms with Crippen molar-refractivity contribution in [2.24, 2.45) is 0 Å². The predicted octanol–water partition coefficient (Wildman–Crippen LogP) is 4.61. The van der Waals surface area contributed by atoms with E-state index in [1.165, 1.54) is 11.8 Å². The average Bonchev–Trinajstić information content (AvgIpc) is 2.71. The minimum Gasteiger partial charge on any atom is -0.325 e. The maximum atomic E-state index is 13.0. The van der Waals surface area contributed by atoms with Crippen molar-refractivity contribution in [2.45, 2.75) is 25.5 Å². The van der Waals surface area contributed by atoms with E-state index >= 15 is 0 Å². The fourth-order valence-corrected chi connectivity index (χ4v) is 4.19. The number of nitrogens with zero attached hydrogens (tertiary/aromatic N) is 2. The van der Waals surface area contributed by atoms with Crippen LogP contribution < -0.4 is 10.9 Å². The summed E-state index contributed by atoms with van der Waals surface area (Å²) in [6, 6.07) is 19.4. The summed E-state index contributed by atoms with van der Waals surface area (Å²) >= 11 is 1.28. The molecule has 1 amide bonds. The second kappa shape index (κ2) is 8.09. The van der Waals surface area contributed by atoms with Crippen LogP contribution in [0.25, 0.3) is 21.7 Å². The van der Waals surface area contributed by atoms with Crippen LogP contribution in [0.15, 0.2) is 70.6 Å². The monoisotopic (exact) mass is 403 g/mol. The van der Waals surface area contributed by atoms with Crippen molar-refractivity contribution in [3.05, 3.63) is 76.6 Å². The summed E-state index contributed by atoms with van der Waals surface area (Å²) in [4.78, 5) is 30.1. The second-order valence-corrected chi connectivity index (χ2v) is 7.81. The quantitative estimate of drug-likeness (QED) is 0.300. The van der Waals surface area contributed by atoms with E-state index in [4.69, 9.17) is 4.98 Å². The Kier molecular flexibility index (Phi) is 5.36. The van der Waals surface area contributed by atoms with E-state index in [1.54, 1.807) is 4.57 Å². The molecule has 4 aromatic rings. The number of aryl methyl sites for hydroxylation is 1. The highest BCUT2D eigenvalue weighted by Gasteiger charge is 2.13. The maximum absolute atomic E-state index is 13.0. The van der Waals surface area contributed by atoms with Crippen LogP contribution in [0.4, 0.5) is 5.69 Å². The zero-order valence-corrected chi connectivity index (χ0v) is 17.1. The third-order valence-electron chi connectivity index (χ3n) is 4.74. The first-order valence-electron chi connectivity index (χ1n) is 9.48. The van der Waals surface area contributed by atoms with Crippen molar-refractivity contribution >= 4 is 45.0 Å². The molecule has 0 fully saturated rings. The average molecular weight is 404 g/mol. The van der Waals surface area contributed by atoms with Crippen molar-refractivity contribution in [1.82, 2.24) is 9.55 Å². The first kappa shape index (κ1) is 19.2. The van der Waals surface area contributed by atoms with Crippen molar-refractivity contribution in [3.8, 4) is 0 Å². The van der Waals surface area contributed by atoms with E-state index in [2.05, 4.69) is 5.32 Å². The van der Waals surface area contributed by atoms with Crippen LogP contribution in [-0.4, -0.2) is 21.2 Å². The van der Waals surface area contributed by atoms with Gasteiger partial charge < -0.3 is 5.32 Å². The standard InChI is InChI=1S/C23H21N3O2S/c1-3-26-22(28)19-12-16-8-4-5-9-17(16)13-20(19)25-23(26)29-14-21(27)24-18-10-6-7-15(2)11-18/h4-13H,3,14H2,1-2H3,(H,24,27). The molecule has 0 aliphatic heterocycles. The Morgan fingerprint density at radius 3 is 2.55 bits per heavy atom. The largest absolute Gasteiger partial charge is 0.325 e. The number of fused-ring (bicyclic) bond motifs is 2. The Hall–Kier alpha value is -3.12. The minimum absolute atomic E-state index is 0.0788. The molecule has 5 nitrogen and oxygen atoms in total. The Labute approximate surface area is 172 Å². The van der Waals surface area contributed by atoms with Gasteiger partial charge in [0.05, 0.1) is 16.7 Å². The molecule has 0 saturated carbocycles. The summed E-state index contributed by atoms with van der Waals surface area (Å²) in [5.74, 6) is 0.0514. The summed E-state index contributed by atoms with van der Waals surface area (Å²) in [6.07, 6.45) is 0. The molecule has 3 aromatic carbocycles. The smallest absolute Gasteiger partial charge is 0.262 e. The highest BCUT2D eigenvalue weighted by Crippen LogP contribution is 2.23. The molecule has 0 saturated heterocycles. The van der Waals surface area contributed by atoms with E-state index in [0.717, 1.165) is 22.0 Å². The van der Waals surface area contributed by atoms with Crippen molar-refractivity contribution in [3.63, 3.8) is 0 Å². The van der Waals surface area contributed by atoms with Gasteiger partial charge in [-0.25, -0.2) is 4.98 Å². The van der Waals surface area contributed by atoms with E-state index < -0.39 is 0 Å². The fraction of sp³-hybridized carbons (Fsp3) is 0.174. The number of aromatic nitrogens is 2. The molecule has 0 bridgehead atoms. The number of thioether (sulfide) groups is 1. The summed E-state index contributed by atoms with van der Waals surface area (Å²) in [6.45, 7) is 4.39. The molecule has 0 aliphatic carbocycles. The maximum Gasteiger partial charge on any atom is 0.262 e. The van der Waals surface area contributed by atoms with Gasteiger partial charge in [0.2, 0.25) is 5.91 Å². The number of hydrogen-bond acceptors (Lipinski definition) is 4. The van der Waals surface area contributed by atoms with Gasteiger partial charge in [-0.2, -0.15) is 0 Å². The third-order valence-corrected chi connectivity index (χ3v) is 5.71. The number of carbonyl (C=O) groups excluding carboxylic acids is 1. The molecule has 6 heteroatoms. The van der Waals surface area contributed by atoms with Gasteiger partial charge in [0.25, 0.3) is 5.56 Å². The second-order valence-electron chi connectivity index (χ2n) is 6.87. The van der Waals surface area contributed by atoms with E-state index in [0.29, 0.717) is 22.6 Å². The van der Waals surface area contributed by atoms with Gasteiger partial charge in [0.15, 0.2) is 5.16 Å². The van der Waals surface area contributed by atoms with Crippen LogP contribution >= 0.6 is 11.8 Å². The lowest BCUT2D eigenvalue weighted by Gasteiger charge is -2.12. The molecule has 1 N–H and O–H groups in total. The van der Waals surface area contributed by atoms with Crippen LogP contribution in [0, 0.1) is 6.92 Å². The van der Waals surface area contributed by atoms with Gasteiger partial charge in [-0.05, 0) is 54.4 Å². The van der Waals surface area contributed by atoms with Gasteiger partial charge in [0.1, 0.15) is 0 Å². The minimum atomic E-state index is -0.129. The van der Waals surface area contributed by atoms with Gasteiger partial charge in [-0.3, -0.25) is 14.2 Å². The molecular weight excluding hydrogens is 382 g/mol. The number of carbonyl (C=O) groups is 1. The fourth-order valence-electron chi connectivity index (χ4n) is 3.33. The predicted molar refractivity (Wildman–Crippen MR) is 120 cm³/mol. The molecule has 4 rings (SSSR count). The van der Waals surface area contributed by atoms with Crippen LogP contribution in [0.5, 0.6) is 0 Å². The SMILES string of the molecule is CCn1c(SCC(=O)Nc2cccc(C)c2)nc2cc3ccccc3cc2c1=O. The van der Waals surface area contributed by atoms with Gasteiger partial charge in [-0.15, -0.1) is 0 Å². The lowest BCUT2D eigenvalue weighted by molar-refractivity contribution is -0.113. The zero-order valence-electron chi connectivity index (χ0n) is 16.3. The lowest BCUT2D eigenvalue weighted by atomic mass is 10.1. The Morgan fingerprint density at radius 2 is 1.83 bits per heavy atom. The Morgan fingerprint density at radius 1 is 1.07 bits per heavy atom. The van der Waals surface area contributed by atoms with Crippen LogP contribution in [0.1, 0.15) is 12.5 Å². The third kappa shape index (κ3) is 4.03. The van der Waals surface area contributed by atoms with Crippen LogP contribution in [-0.2, 0) is 11.3 Å². The highest BCUT2D eigenvalue weighted by atomic mass is 32.2. The lowest BCUT2D eigenvalue weighted by Crippen LogP contribution is -2.23. The zero-order chi connectivity index (χ0) is 20.4. The molecule has 1 heterocycles. The summed E-state index contributed by atoms with van der Waals surface area (Å²) < 4.78 is 1.63. The number of amides is 1. The van der Waals surface area contributed by atoms with E-state index in [9.17, 15) is 9.59 Å². The van der Waals surface area contributed by atoms with E-state index in [1.807, 2.05) is 74.5 Å². The summed E-state index contributed by atoms with van der Waals surface area (Å²) in [7, 11) is 0. The summed E-state index contributed by atoms with van der Waals surface area (Å²) in [5.41, 5.74) is 2.42. The molecule has 0 aliphatic rings. The first-order valence-corrected chi connectivity index (χ1v) is 10.5. The van der Waals surface area contributed by atoms with Gasteiger partial charge in [-0.1, -0.05) is 48.2 Å².